The number of aromatic hydroxyl groups is 1. The summed E-state index contributed by atoms with van der Waals surface area (Å²) in [5, 5.41) is 10.4. The Hall–Kier alpha value is -2.30. The third kappa shape index (κ3) is 1.97. The quantitative estimate of drug-likeness (QED) is 0.619. The summed E-state index contributed by atoms with van der Waals surface area (Å²) in [6.45, 7) is 0. The summed E-state index contributed by atoms with van der Waals surface area (Å²) in [5.41, 5.74) is -0.580. The second-order valence-electron chi connectivity index (χ2n) is 4.24. The normalized spacial score (nSPS) is 12.2. The molecule has 0 fully saturated rings. The van der Waals surface area contributed by atoms with E-state index in [9.17, 15) is 18.3 Å². The van der Waals surface area contributed by atoms with Gasteiger partial charge in [0, 0.05) is 10.8 Å². The van der Waals surface area contributed by atoms with Crippen molar-refractivity contribution < 1.29 is 18.3 Å². The van der Waals surface area contributed by atoms with Gasteiger partial charge in [-0.1, -0.05) is 18.2 Å². The van der Waals surface area contributed by atoms with Crippen molar-refractivity contribution in [2.45, 2.75) is 6.18 Å². The number of hydrogen-bond donors (Lipinski definition) is 1. The molecule has 3 aromatic rings. The topological polar surface area (TPSA) is 33.1 Å². The monoisotopic (exact) mass is 263 g/mol. The van der Waals surface area contributed by atoms with Gasteiger partial charge in [-0.25, -0.2) is 4.98 Å². The molecule has 2 aromatic carbocycles. The SMILES string of the molecule is Oc1cc(C(F)(F)F)c2nc3ccccc3cc2c1. The molecule has 2 nitrogen and oxygen atoms in total. The fourth-order valence-corrected chi connectivity index (χ4v) is 2.09. The highest BCUT2D eigenvalue weighted by Crippen LogP contribution is 2.37. The Morgan fingerprint density at radius 2 is 1.68 bits per heavy atom. The van der Waals surface area contributed by atoms with Gasteiger partial charge in [-0.05, 0) is 24.3 Å². The van der Waals surface area contributed by atoms with E-state index in [1.165, 1.54) is 6.07 Å². The second kappa shape index (κ2) is 3.85. The molecule has 0 bridgehead atoms. The first kappa shape index (κ1) is 11.8. The molecule has 5 heteroatoms. The van der Waals surface area contributed by atoms with E-state index in [0.29, 0.717) is 11.6 Å². The smallest absolute Gasteiger partial charge is 0.418 e. The van der Waals surface area contributed by atoms with E-state index in [-0.39, 0.29) is 10.9 Å². The van der Waals surface area contributed by atoms with Gasteiger partial charge in [-0.2, -0.15) is 13.2 Å². The van der Waals surface area contributed by atoms with Crippen LogP contribution < -0.4 is 0 Å². The maximum absolute atomic E-state index is 12.9. The summed E-state index contributed by atoms with van der Waals surface area (Å²) in [6.07, 6.45) is -4.55. The minimum Gasteiger partial charge on any atom is -0.508 e. The van der Waals surface area contributed by atoms with Crippen LogP contribution in [0, 0.1) is 0 Å². The van der Waals surface area contributed by atoms with E-state index in [2.05, 4.69) is 4.98 Å². The van der Waals surface area contributed by atoms with Crippen LogP contribution >= 0.6 is 0 Å². The molecule has 0 aliphatic heterocycles. The molecule has 0 atom stereocenters. The van der Waals surface area contributed by atoms with Crippen molar-refractivity contribution in [2.24, 2.45) is 0 Å². The maximum atomic E-state index is 12.9. The van der Waals surface area contributed by atoms with E-state index < -0.39 is 17.5 Å². The molecule has 19 heavy (non-hydrogen) atoms. The number of halogens is 3. The van der Waals surface area contributed by atoms with Gasteiger partial charge < -0.3 is 5.11 Å². The van der Waals surface area contributed by atoms with Gasteiger partial charge in [0.05, 0.1) is 16.6 Å². The first-order valence-electron chi connectivity index (χ1n) is 5.55. The molecule has 1 aromatic heterocycles. The molecule has 0 saturated heterocycles. The fourth-order valence-electron chi connectivity index (χ4n) is 2.09. The minimum absolute atomic E-state index is 0.149. The van der Waals surface area contributed by atoms with Gasteiger partial charge in [-0.15, -0.1) is 0 Å². The van der Waals surface area contributed by atoms with Crippen molar-refractivity contribution in [3.63, 3.8) is 0 Å². The number of phenolic OH excluding ortho intramolecular Hbond substituents is 1. The predicted octanol–water partition coefficient (Wildman–Crippen LogP) is 4.11. The molecule has 0 amide bonds. The van der Waals surface area contributed by atoms with Crippen molar-refractivity contribution >= 4 is 21.8 Å². The van der Waals surface area contributed by atoms with Gasteiger partial charge in [0.25, 0.3) is 0 Å². The molecule has 0 aliphatic carbocycles. The lowest BCUT2D eigenvalue weighted by Crippen LogP contribution is -2.06. The molecule has 0 unspecified atom stereocenters. The highest BCUT2D eigenvalue weighted by atomic mass is 19.4. The lowest BCUT2D eigenvalue weighted by molar-refractivity contribution is -0.136. The molecule has 96 valence electrons. The van der Waals surface area contributed by atoms with E-state index in [0.717, 1.165) is 5.39 Å². The zero-order valence-electron chi connectivity index (χ0n) is 9.57. The maximum Gasteiger partial charge on any atom is 0.418 e. The van der Waals surface area contributed by atoms with Crippen LogP contribution in [0.2, 0.25) is 0 Å². The third-order valence-electron chi connectivity index (χ3n) is 2.91. The number of para-hydroxylation sites is 1. The molecule has 0 radical (unpaired) electrons. The number of pyridine rings is 1. The molecule has 0 aliphatic rings. The van der Waals surface area contributed by atoms with Crippen LogP contribution in [-0.2, 0) is 6.18 Å². The lowest BCUT2D eigenvalue weighted by atomic mass is 10.1. The van der Waals surface area contributed by atoms with Crippen LogP contribution in [0.1, 0.15) is 5.56 Å². The lowest BCUT2D eigenvalue weighted by Gasteiger charge is -2.11. The van der Waals surface area contributed by atoms with Gasteiger partial charge in [-0.3, -0.25) is 0 Å². The van der Waals surface area contributed by atoms with Crippen LogP contribution in [0.5, 0.6) is 5.75 Å². The Bertz CT molecular complexity index is 781. The fraction of sp³-hybridized carbons (Fsp3) is 0.0714. The van der Waals surface area contributed by atoms with Crippen LogP contribution in [0.25, 0.3) is 21.8 Å². The second-order valence-corrected chi connectivity index (χ2v) is 4.24. The highest BCUT2D eigenvalue weighted by Gasteiger charge is 2.34. The molecule has 1 N–H and O–H groups in total. The first-order chi connectivity index (χ1) is 8.95. The number of alkyl halides is 3. The predicted molar refractivity (Wildman–Crippen MR) is 65.9 cm³/mol. The summed E-state index contributed by atoms with van der Waals surface area (Å²) in [5.74, 6) is -0.420. The average molecular weight is 263 g/mol. The van der Waals surface area contributed by atoms with Crippen molar-refractivity contribution in [2.75, 3.05) is 0 Å². The summed E-state index contributed by atoms with van der Waals surface area (Å²) < 4.78 is 38.8. The van der Waals surface area contributed by atoms with Crippen molar-refractivity contribution in [1.29, 1.82) is 0 Å². The Morgan fingerprint density at radius 3 is 2.42 bits per heavy atom. The van der Waals surface area contributed by atoms with E-state index >= 15 is 0 Å². The number of rotatable bonds is 0. The number of nitrogens with zero attached hydrogens (tertiary/aromatic N) is 1. The van der Waals surface area contributed by atoms with Crippen molar-refractivity contribution in [3.05, 3.63) is 48.0 Å². The van der Waals surface area contributed by atoms with Crippen LogP contribution in [-0.4, -0.2) is 10.1 Å². The van der Waals surface area contributed by atoms with Gasteiger partial charge >= 0.3 is 6.18 Å². The van der Waals surface area contributed by atoms with Crippen LogP contribution in [0.4, 0.5) is 13.2 Å². The van der Waals surface area contributed by atoms with E-state index in [4.69, 9.17) is 0 Å². The molecule has 0 spiro atoms. The summed E-state index contributed by atoms with van der Waals surface area (Å²) in [4.78, 5) is 4.05. The number of benzene rings is 2. The van der Waals surface area contributed by atoms with Gasteiger partial charge in [0.2, 0.25) is 0 Å². The molecular formula is C14H8F3NO. The largest absolute Gasteiger partial charge is 0.508 e. The molecule has 1 heterocycles. The molecule has 3 rings (SSSR count). The summed E-state index contributed by atoms with van der Waals surface area (Å²) >= 11 is 0. The Morgan fingerprint density at radius 1 is 0.947 bits per heavy atom. The van der Waals surface area contributed by atoms with Gasteiger partial charge in [0.1, 0.15) is 5.75 Å². The zero-order valence-corrected chi connectivity index (χ0v) is 9.57. The highest BCUT2D eigenvalue weighted by molar-refractivity contribution is 5.95. The summed E-state index contributed by atoms with van der Waals surface area (Å²) in [7, 11) is 0. The zero-order chi connectivity index (χ0) is 13.6. The van der Waals surface area contributed by atoms with Crippen LogP contribution in [0.15, 0.2) is 42.5 Å². The number of aromatic nitrogens is 1. The van der Waals surface area contributed by atoms with Gasteiger partial charge in [0.15, 0.2) is 0 Å². The number of fused-ring (bicyclic) bond motifs is 2. The standard InChI is InChI=1S/C14H8F3NO/c15-14(16,17)11-7-10(19)6-9-5-8-3-1-2-4-12(8)18-13(9)11/h1-7,19H. The minimum atomic E-state index is -4.55. The Labute approximate surface area is 106 Å². The van der Waals surface area contributed by atoms with E-state index in [1.807, 2.05) is 0 Å². The molecular weight excluding hydrogens is 255 g/mol. The Balaban J connectivity index is 2.46. The number of phenols is 1. The molecule has 0 saturated carbocycles. The van der Waals surface area contributed by atoms with E-state index in [1.54, 1.807) is 30.3 Å². The van der Waals surface area contributed by atoms with Crippen LogP contribution in [0.3, 0.4) is 0 Å². The average Bonchev–Trinajstić information content (AvgIpc) is 2.34. The summed E-state index contributed by atoms with van der Waals surface area (Å²) in [6, 6.07) is 10.5. The van der Waals surface area contributed by atoms with Crippen molar-refractivity contribution in [3.8, 4) is 5.75 Å². The van der Waals surface area contributed by atoms with Crippen molar-refractivity contribution in [1.82, 2.24) is 4.98 Å². The Kier molecular flexibility index (Phi) is 2.38. The number of hydrogen-bond acceptors (Lipinski definition) is 2. The first-order valence-corrected chi connectivity index (χ1v) is 5.55. The third-order valence-corrected chi connectivity index (χ3v) is 2.91.